The zero-order chi connectivity index (χ0) is 23.7. The number of aromatic nitrogens is 1. The van der Waals surface area contributed by atoms with Gasteiger partial charge in [-0.1, -0.05) is 32.0 Å². The highest BCUT2D eigenvalue weighted by Gasteiger charge is 2.62. The summed E-state index contributed by atoms with van der Waals surface area (Å²) >= 11 is 0. The number of benzene rings is 1. The van der Waals surface area contributed by atoms with Crippen LogP contribution in [-0.2, 0) is 19.7 Å². The molecular weight excluding hydrogens is 422 g/mol. The van der Waals surface area contributed by atoms with Crippen LogP contribution in [-0.4, -0.2) is 30.1 Å². The maximum absolute atomic E-state index is 14.4. The lowest BCUT2D eigenvalue weighted by Gasteiger charge is -2.36. The van der Waals surface area contributed by atoms with Crippen LogP contribution in [0.5, 0.6) is 5.75 Å². The molecule has 2 aliphatic heterocycles. The lowest BCUT2D eigenvalue weighted by atomic mass is 9.68. The summed E-state index contributed by atoms with van der Waals surface area (Å²) in [6.45, 7) is 6.27. The molecule has 8 nitrogen and oxygen atoms in total. The van der Waals surface area contributed by atoms with Gasteiger partial charge in [0, 0.05) is 35.6 Å². The second-order valence-electron chi connectivity index (χ2n) is 9.34. The predicted octanol–water partition coefficient (Wildman–Crippen LogP) is 2.52. The Hall–Kier alpha value is -3.55. The summed E-state index contributed by atoms with van der Waals surface area (Å²) in [7, 11) is 1.22. The molecule has 5 rings (SSSR count). The molecule has 1 saturated carbocycles. The van der Waals surface area contributed by atoms with Gasteiger partial charge in [0.25, 0.3) is 5.56 Å². The van der Waals surface area contributed by atoms with Gasteiger partial charge in [-0.2, -0.15) is 0 Å². The SMILES string of the molecule is COC(=O)C1=C(N)Oc2cc(C)n(C3CC3)c(=O)c2C12C(=O)N(CC(C)C)c1ccccc12. The third-order valence-electron chi connectivity index (χ3n) is 6.63. The fourth-order valence-corrected chi connectivity index (χ4v) is 5.25. The van der Waals surface area contributed by atoms with Crippen LogP contribution in [0.25, 0.3) is 0 Å². The van der Waals surface area contributed by atoms with Crippen LogP contribution in [0.15, 0.2) is 46.6 Å². The molecule has 1 amide bonds. The number of esters is 1. The van der Waals surface area contributed by atoms with E-state index in [1.807, 2.05) is 32.9 Å². The number of carbonyl (C=O) groups is 2. The van der Waals surface area contributed by atoms with E-state index in [1.165, 1.54) is 7.11 Å². The smallest absolute Gasteiger partial charge is 0.340 e. The second-order valence-corrected chi connectivity index (χ2v) is 9.34. The van der Waals surface area contributed by atoms with E-state index in [4.69, 9.17) is 15.2 Å². The Balaban J connectivity index is 1.92. The summed E-state index contributed by atoms with van der Waals surface area (Å²) < 4.78 is 12.6. The molecule has 2 aromatic rings. The molecule has 33 heavy (non-hydrogen) atoms. The maximum Gasteiger partial charge on any atom is 0.340 e. The molecule has 0 saturated heterocycles. The molecule has 1 aromatic heterocycles. The van der Waals surface area contributed by atoms with Gasteiger partial charge in [0.2, 0.25) is 11.8 Å². The molecule has 1 aliphatic carbocycles. The number of carbonyl (C=O) groups excluding carboxylic acids is 2. The number of pyridine rings is 1. The van der Waals surface area contributed by atoms with Crippen LogP contribution in [0, 0.1) is 12.8 Å². The average molecular weight is 450 g/mol. The van der Waals surface area contributed by atoms with Crippen LogP contribution < -0.4 is 20.9 Å². The number of hydrogen-bond acceptors (Lipinski definition) is 6. The molecule has 3 aliphatic rings. The largest absolute Gasteiger partial charge is 0.465 e. The summed E-state index contributed by atoms with van der Waals surface area (Å²) in [4.78, 5) is 43.2. The van der Waals surface area contributed by atoms with Crippen molar-refractivity contribution >= 4 is 17.6 Å². The van der Waals surface area contributed by atoms with Crippen LogP contribution in [0.1, 0.15) is 49.6 Å². The molecule has 1 unspecified atom stereocenters. The van der Waals surface area contributed by atoms with Crippen molar-refractivity contribution in [3.63, 3.8) is 0 Å². The summed E-state index contributed by atoms with van der Waals surface area (Å²) in [6.07, 6.45) is 1.78. The zero-order valence-corrected chi connectivity index (χ0v) is 19.2. The Morgan fingerprint density at radius 1 is 1.27 bits per heavy atom. The predicted molar refractivity (Wildman–Crippen MR) is 122 cm³/mol. The third-order valence-corrected chi connectivity index (χ3v) is 6.63. The van der Waals surface area contributed by atoms with E-state index in [0.29, 0.717) is 17.8 Å². The molecule has 3 heterocycles. The number of fused-ring (bicyclic) bond motifs is 4. The normalized spacial score (nSPS) is 21.4. The highest BCUT2D eigenvalue weighted by molar-refractivity contribution is 6.18. The number of rotatable bonds is 4. The van der Waals surface area contributed by atoms with Crippen molar-refractivity contribution in [2.75, 3.05) is 18.6 Å². The van der Waals surface area contributed by atoms with Crippen molar-refractivity contribution in [2.24, 2.45) is 11.7 Å². The Labute approximate surface area is 191 Å². The minimum Gasteiger partial charge on any atom is -0.465 e. The average Bonchev–Trinajstić information content (AvgIpc) is 3.57. The topological polar surface area (TPSA) is 104 Å². The minimum atomic E-state index is -1.74. The van der Waals surface area contributed by atoms with Gasteiger partial charge in [0.1, 0.15) is 16.7 Å². The van der Waals surface area contributed by atoms with E-state index in [1.54, 1.807) is 27.7 Å². The van der Waals surface area contributed by atoms with Crippen molar-refractivity contribution < 1.29 is 19.1 Å². The van der Waals surface area contributed by atoms with Crippen molar-refractivity contribution in [1.82, 2.24) is 4.57 Å². The van der Waals surface area contributed by atoms with Gasteiger partial charge in [-0.15, -0.1) is 0 Å². The lowest BCUT2D eigenvalue weighted by molar-refractivity contribution is -0.138. The first kappa shape index (κ1) is 21.3. The molecule has 1 spiro atoms. The van der Waals surface area contributed by atoms with Gasteiger partial charge in [0.15, 0.2) is 0 Å². The lowest BCUT2D eigenvalue weighted by Crippen LogP contribution is -2.52. The Kier molecular flexibility index (Phi) is 4.67. The van der Waals surface area contributed by atoms with E-state index in [2.05, 4.69) is 0 Å². The van der Waals surface area contributed by atoms with E-state index in [0.717, 1.165) is 18.5 Å². The number of aryl methyl sites for hydroxylation is 1. The molecule has 1 atom stereocenters. The Morgan fingerprint density at radius 2 is 1.97 bits per heavy atom. The van der Waals surface area contributed by atoms with Gasteiger partial charge < -0.3 is 24.7 Å². The molecule has 2 N–H and O–H groups in total. The summed E-state index contributed by atoms with van der Waals surface area (Å²) in [5.41, 5.74) is 6.09. The van der Waals surface area contributed by atoms with Crippen molar-refractivity contribution in [3.05, 3.63) is 69.0 Å². The number of methoxy groups -OCH3 is 1. The molecule has 172 valence electrons. The van der Waals surface area contributed by atoms with E-state index in [9.17, 15) is 14.4 Å². The van der Waals surface area contributed by atoms with Crippen LogP contribution >= 0.6 is 0 Å². The third kappa shape index (κ3) is 2.79. The molecule has 0 bridgehead atoms. The number of nitrogens with two attached hydrogens (primary N) is 1. The van der Waals surface area contributed by atoms with Crippen LogP contribution in [0.2, 0.25) is 0 Å². The van der Waals surface area contributed by atoms with E-state index >= 15 is 0 Å². The van der Waals surface area contributed by atoms with Crippen LogP contribution in [0.4, 0.5) is 5.69 Å². The number of hydrogen-bond donors (Lipinski definition) is 1. The standard InChI is InChI=1S/C25H27N3O5/c1-13(2)12-27-17-8-6-5-7-16(17)25(24(27)31)19-18(33-21(26)20(25)23(30)32-4)11-14(3)28(22(19)29)15-9-10-15/h5-8,11,13,15H,9-10,12,26H2,1-4H3. The second kappa shape index (κ2) is 7.23. The Morgan fingerprint density at radius 3 is 2.61 bits per heavy atom. The summed E-state index contributed by atoms with van der Waals surface area (Å²) in [5, 5.41) is 0. The summed E-state index contributed by atoms with van der Waals surface area (Å²) in [5.74, 6) is -1.07. The van der Waals surface area contributed by atoms with Gasteiger partial charge in [-0.05, 0) is 31.7 Å². The summed E-state index contributed by atoms with van der Waals surface area (Å²) in [6, 6.07) is 9.04. The molecule has 1 fully saturated rings. The first-order chi connectivity index (χ1) is 15.7. The zero-order valence-electron chi connectivity index (χ0n) is 19.2. The quantitative estimate of drug-likeness (QED) is 0.720. The number of amides is 1. The molecule has 1 aromatic carbocycles. The number of ether oxygens (including phenoxy) is 2. The number of para-hydroxylation sites is 1. The molecular formula is C25H27N3O5. The van der Waals surface area contributed by atoms with E-state index in [-0.39, 0.29) is 40.3 Å². The highest BCUT2D eigenvalue weighted by Crippen LogP contribution is 2.55. The minimum absolute atomic E-state index is 0.0724. The maximum atomic E-state index is 14.4. The number of anilines is 1. The molecule has 0 radical (unpaired) electrons. The van der Waals surface area contributed by atoms with Crippen molar-refractivity contribution in [3.8, 4) is 5.75 Å². The first-order valence-corrected chi connectivity index (χ1v) is 11.2. The van der Waals surface area contributed by atoms with Gasteiger partial charge in [-0.25, -0.2) is 4.79 Å². The molecule has 8 heteroatoms. The van der Waals surface area contributed by atoms with Gasteiger partial charge >= 0.3 is 5.97 Å². The van der Waals surface area contributed by atoms with Gasteiger partial charge in [-0.3, -0.25) is 9.59 Å². The van der Waals surface area contributed by atoms with Crippen LogP contribution in [0.3, 0.4) is 0 Å². The fourth-order valence-electron chi connectivity index (χ4n) is 5.25. The van der Waals surface area contributed by atoms with E-state index < -0.39 is 17.3 Å². The first-order valence-electron chi connectivity index (χ1n) is 11.2. The van der Waals surface area contributed by atoms with Crippen molar-refractivity contribution in [1.29, 1.82) is 0 Å². The van der Waals surface area contributed by atoms with Gasteiger partial charge in [0.05, 0.1) is 12.7 Å². The highest BCUT2D eigenvalue weighted by atomic mass is 16.5. The fraction of sp³-hybridized carbons (Fsp3) is 0.400. The number of nitrogens with zero attached hydrogens (tertiary/aromatic N) is 2. The monoisotopic (exact) mass is 449 g/mol. The Bertz CT molecular complexity index is 1290. The van der Waals surface area contributed by atoms with Crippen molar-refractivity contribution in [2.45, 2.75) is 45.1 Å².